The van der Waals surface area contributed by atoms with E-state index in [1.165, 1.54) is 12.0 Å². The van der Waals surface area contributed by atoms with Crippen molar-refractivity contribution in [1.82, 2.24) is 4.90 Å². The number of halogens is 1. The molecular formula is C16H23BrN2O. The molecule has 0 radical (unpaired) electrons. The Morgan fingerprint density at radius 3 is 2.85 bits per heavy atom. The summed E-state index contributed by atoms with van der Waals surface area (Å²) in [5.74, 6) is 1.22. The Morgan fingerprint density at radius 2 is 2.10 bits per heavy atom. The Labute approximate surface area is 129 Å². The maximum absolute atomic E-state index is 9.95. The first-order valence-corrected chi connectivity index (χ1v) is 8.35. The van der Waals surface area contributed by atoms with E-state index in [0.717, 1.165) is 36.9 Å². The second kappa shape index (κ2) is 6.14. The van der Waals surface area contributed by atoms with Crippen LogP contribution in [0.15, 0.2) is 28.7 Å². The largest absolute Gasteiger partial charge is 0.393 e. The zero-order valence-electron chi connectivity index (χ0n) is 11.7. The van der Waals surface area contributed by atoms with Crippen molar-refractivity contribution >= 4 is 15.9 Å². The Bertz CT molecular complexity index is 468. The lowest BCUT2D eigenvalue weighted by molar-refractivity contribution is 0.124. The van der Waals surface area contributed by atoms with Gasteiger partial charge in [-0.1, -0.05) is 34.1 Å². The second-order valence-electron chi connectivity index (χ2n) is 6.24. The van der Waals surface area contributed by atoms with Crippen molar-refractivity contribution in [2.24, 2.45) is 17.6 Å². The molecule has 2 fully saturated rings. The Balaban J connectivity index is 1.52. The average molecular weight is 339 g/mol. The summed E-state index contributed by atoms with van der Waals surface area (Å²) in [5.41, 5.74) is 7.50. The molecule has 1 aliphatic carbocycles. The van der Waals surface area contributed by atoms with Crippen molar-refractivity contribution in [2.45, 2.75) is 31.4 Å². The summed E-state index contributed by atoms with van der Waals surface area (Å²) in [6.45, 7) is 3.22. The van der Waals surface area contributed by atoms with Crippen LogP contribution in [0, 0.1) is 11.8 Å². The minimum Gasteiger partial charge on any atom is -0.393 e. The van der Waals surface area contributed by atoms with E-state index >= 15 is 0 Å². The number of nitrogens with two attached hydrogens (primary N) is 1. The van der Waals surface area contributed by atoms with Gasteiger partial charge in [0.15, 0.2) is 0 Å². The summed E-state index contributed by atoms with van der Waals surface area (Å²) in [6.07, 6.45) is 3.10. The molecule has 1 heterocycles. The van der Waals surface area contributed by atoms with Gasteiger partial charge in [0.25, 0.3) is 0 Å². The third kappa shape index (κ3) is 2.93. The number of likely N-dealkylation sites (tertiary alicyclic amines) is 1. The van der Waals surface area contributed by atoms with Crippen molar-refractivity contribution in [3.8, 4) is 0 Å². The van der Waals surface area contributed by atoms with Gasteiger partial charge < -0.3 is 15.7 Å². The van der Waals surface area contributed by atoms with Crippen molar-refractivity contribution in [1.29, 1.82) is 0 Å². The SMILES string of the molecule is NC(CCN1CC2CCC(O)C2C1)c1ccccc1Br. The van der Waals surface area contributed by atoms with Crippen LogP contribution in [0.1, 0.15) is 30.9 Å². The summed E-state index contributed by atoms with van der Waals surface area (Å²) in [6, 6.07) is 8.28. The van der Waals surface area contributed by atoms with Crippen LogP contribution in [-0.4, -0.2) is 35.7 Å². The van der Waals surface area contributed by atoms with E-state index < -0.39 is 0 Å². The topological polar surface area (TPSA) is 49.5 Å². The first-order valence-electron chi connectivity index (χ1n) is 7.55. The molecule has 3 nitrogen and oxygen atoms in total. The van der Waals surface area contributed by atoms with Crippen molar-refractivity contribution in [3.63, 3.8) is 0 Å². The van der Waals surface area contributed by atoms with Crippen LogP contribution in [0.2, 0.25) is 0 Å². The predicted molar refractivity (Wildman–Crippen MR) is 84.3 cm³/mol. The summed E-state index contributed by atoms with van der Waals surface area (Å²) in [4.78, 5) is 2.48. The molecule has 3 N–H and O–H groups in total. The standard InChI is InChI=1S/C16H23BrN2O/c17-14-4-2-1-3-12(14)15(18)7-8-19-9-11-5-6-16(20)13(11)10-19/h1-4,11,13,15-16,20H,5-10,18H2. The molecule has 0 bridgehead atoms. The molecule has 4 heteroatoms. The maximum atomic E-state index is 9.95. The third-order valence-corrected chi connectivity index (χ3v) is 5.68. The van der Waals surface area contributed by atoms with E-state index in [2.05, 4.69) is 26.9 Å². The van der Waals surface area contributed by atoms with E-state index in [-0.39, 0.29) is 12.1 Å². The number of benzene rings is 1. The first-order chi connectivity index (χ1) is 9.65. The van der Waals surface area contributed by atoms with Crippen LogP contribution in [0.4, 0.5) is 0 Å². The molecule has 0 aromatic heterocycles. The van der Waals surface area contributed by atoms with Gasteiger partial charge in [0.05, 0.1) is 6.10 Å². The van der Waals surface area contributed by atoms with Crippen LogP contribution < -0.4 is 5.73 Å². The van der Waals surface area contributed by atoms with Gasteiger partial charge >= 0.3 is 0 Å². The van der Waals surface area contributed by atoms with Gasteiger partial charge in [-0.3, -0.25) is 0 Å². The van der Waals surface area contributed by atoms with Crippen molar-refractivity contribution in [3.05, 3.63) is 34.3 Å². The molecule has 2 aliphatic rings. The molecule has 0 amide bonds. The summed E-state index contributed by atoms with van der Waals surface area (Å²) in [7, 11) is 0. The minimum absolute atomic E-state index is 0.0676. The van der Waals surface area contributed by atoms with E-state index in [1.54, 1.807) is 0 Å². The molecule has 4 atom stereocenters. The van der Waals surface area contributed by atoms with Gasteiger partial charge in [0.1, 0.15) is 0 Å². The van der Waals surface area contributed by atoms with Gasteiger partial charge in [-0.25, -0.2) is 0 Å². The zero-order chi connectivity index (χ0) is 14.1. The molecule has 1 aromatic carbocycles. The lowest BCUT2D eigenvalue weighted by Gasteiger charge is -2.21. The molecule has 1 saturated heterocycles. The Morgan fingerprint density at radius 1 is 1.30 bits per heavy atom. The highest BCUT2D eigenvalue weighted by atomic mass is 79.9. The lowest BCUT2D eigenvalue weighted by atomic mass is 10.00. The van der Waals surface area contributed by atoms with Crippen molar-refractivity contribution in [2.75, 3.05) is 19.6 Å². The summed E-state index contributed by atoms with van der Waals surface area (Å²) < 4.78 is 1.10. The van der Waals surface area contributed by atoms with Gasteiger partial charge in [-0.15, -0.1) is 0 Å². The van der Waals surface area contributed by atoms with Gasteiger partial charge in [0, 0.05) is 29.5 Å². The normalized spacial score (nSPS) is 31.4. The summed E-state index contributed by atoms with van der Waals surface area (Å²) in [5, 5.41) is 9.95. The van der Waals surface area contributed by atoms with Gasteiger partial charge in [0.2, 0.25) is 0 Å². The fourth-order valence-electron chi connectivity index (χ4n) is 3.76. The third-order valence-electron chi connectivity index (χ3n) is 4.96. The minimum atomic E-state index is -0.0676. The highest BCUT2D eigenvalue weighted by molar-refractivity contribution is 9.10. The average Bonchev–Trinajstić information content (AvgIpc) is 2.99. The zero-order valence-corrected chi connectivity index (χ0v) is 13.3. The number of hydrogen-bond acceptors (Lipinski definition) is 3. The fraction of sp³-hybridized carbons (Fsp3) is 0.625. The van der Waals surface area contributed by atoms with Crippen LogP contribution in [0.5, 0.6) is 0 Å². The predicted octanol–water partition coefficient (Wildman–Crippen LogP) is 2.54. The smallest absolute Gasteiger partial charge is 0.0583 e. The molecule has 20 heavy (non-hydrogen) atoms. The van der Waals surface area contributed by atoms with Crippen LogP contribution in [-0.2, 0) is 0 Å². The molecule has 3 rings (SSSR count). The van der Waals surface area contributed by atoms with Crippen molar-refractivity contribution < 1.29 is 5.11 Å². The molecule has 4 unspecified atom stereocenters. The fourth-order valence-corrected chi connectivity index (χ4v) is 4.34. The van der Waals surface area contributed by atoms with Crippen LogP contribution >= 0.6 is 15.9 Å². The molecule has 110 valence electrons. The second-order valence-corrected chi connectivity index (χ2v) is 7.10. The van der Waals surface area contributed by atoms with E-state index in [4.69, 9.17) is 5.73 Å². The Kier molecular flexibility index (Phi) is 4.46. The number of hydrogen-bond donors (Lipinski definition) is 2. The van der Waals surface area contributed by atoms with E-state index in [0.29, 0.717) is 11.8 Å². The van der Waals surface area contributed by atoms with E-state index in [1.807, 2.05) is 18.2 Å². The van der Waals surface area contributed by atoms with Gasteiger partial charge in [-0.05, 0) is 43.4 Å². The molecule has 0 spiro atoms. The Hall–Kier alpha value is -0.420. The lowest BCUT2D eigenvalue weighted by Crippen LogP contribution is -2.28. The molecule has 1 aromatic rings. The number of nitrogens with zero attached hydrogens (tertiary/aromatic N) is 1. The monoisotopic (exact) mass is 338 g/mol. The number of aliphatic hydroxyl groups is 1. The first kappa shape index (κ1) is 14.5. The molecular weight excluding hydrogens is 316 g/mol. The highest BCUT2D eigenvalue weighted by Crippen LogP contribution is 2.38. The summed E-state index contributed by atoms with van der Waals surface area (Å²) >= 11 is 3.57. The molecule has 1 aliphatic heterocycles. The van der Waals surface area contributed by atoms with E-state index in [9.17, 15) is 5.11 Å². The highest BCUT2D eigenvalue weighted by Gasteiger charge is 2.41. The van der Waals surface area contributed by atoms with Crippen LogP contribution in [0.3, 0.4) is 0 Å². The molecule has 1 saturated carbocycles. The number of fused-ring (bicyclic) bond motifs is 1. The number of aliphatic hydroxyl groups excluding tert-OH is 1. The maximum Gasteiger partial charge on any atom is 0.0583 e. The van der Waals surface area contributed by atoms with Gasteiger partial charge in [-0.2, -0.15) is 0 Å². The quantitative estimate of drug-likeness (QED) is 0.886. The number of rotatable bonds is 4. The van der Waals surface area contributed by atoms with Crippen LogP contribution in [0.25, 0.3) is 0 Å².